The topological polar surface area (TPSA) is 53.2 Å². The summed E-state index contributed by atoms with van der Waals surface area (Å²) in [6.07, 6.45) is 4.62. The van der Waals surface area contributed by atoms with Crippen molar-refractivity contribution in [3.8, 4) is 0 Å². The van der Waals surface area contributed by atoms with Crippen LogP contribution in [0.3, 0.4) is 0 Å². The summed E-state index contributed by atoms with van der Waals surface area (Å²) in [6, 6.07) is 8.03. The molecule has 3 rings (SSSR count). The number of amides is 1. The molecular weight excluding hydrogens is 298 g/mol. The summed E-state index contributed by atoms with van der Waals surface area (Å²) in [6.45, 7) is 2.93. The number of hydrazine groups is 1. The highest BCUT2D eigenvalue weighted by Crippen LogP contribution is 2.28. The molecule has 22 heavy (non-hydrogen) atoms. The Labute approximate surface area is 137 Å². The van der Waals surface area contributed by atoms with Crippen molar-refractivity contribution < 1.29 is 4.79 Å². The molecule has 0 bridgehead atoms. The molecule has 2 aliphatic rings. The summed E-state index contributed by atoms with van der Waals surface area (Å²) < 4.78 is 0. The molecule has 1 aromatic rings. The van der Waals surface area contributed by atoms with Crippen LogP contribution in [0.1, 0.15) is 44.2 Å². The summed E-state index contributed by atoms with van der Waals surface area (Å²) in [5, 5.41) is 3.94. The third-order valence-electron chi connectivity index (χ3n) is 4.89. The van der Waals surface area contributed by atoms with Crippen molar-refractivity contribution in [2.24, 2.45) is 11.8 Å². The fraction of sp³-hybridized carbons (Fsp3) is 0.588. The van der Waals surface area contributed by atoms with Gasteiger partial charge in [-0.05, 0) is 49.3 Å². The van der Waals surface area contributed by atoms with Gasteiger partial charge in [0.05, 0.1) is 12.0 Å². The molecule has 2 unspecified atom stereocenters. The quantitative estimate of drug-likeness (QED) is 0.802. The van der Waals surface area contributed by atoms with Crippen LogP contribution in [0.15, 0.2) is 24.3 Å². The lowest BCUT2D eigenvalue weighted by atomic mass is 9.86. The van der Waals surface area contributed by atoms with Crippen LogP contribution in [0.4, 0.5) is 0 Å². The van der Waals surface area contributed by atoms with E-state index >= 15 is 0 Å². The van der Waals surface area contributed by atoms with Gasteiger partial charge in [0.2, 0.25) is 5.91 Å². The molecule has 1 heterocycles. The zero-order valence-electron chi connectivity index (χ0n) is 12.9. The molecule has 0 radical (unpaired) electrons. The van der Waals surface area contributed by atoms with Gasteiger partial charge in [-0.1, -0.05) is 30.7 Å². The molecular formula is C17H24ClN3O. The van der Waals surface area contributed by atoms with Crippen LogP contribution >= 0.6 is 11.6 Å². The van der Waals surface area contributed by atoms with E-state index < -0.39 is 0 Å². The Hall–Kier alpha value is -1.10. The molecule has 3 N–H and O–H groups in total. The number of hydrogen-bond acceptors (Lipinski definition) is 3. The second-order valence-corrected chi connectivity index (χ2v) is 7.07. The maximum absolute atomic E-state index is 12.6. The Morgan fingerprint density at radius 2 is 2.05 bits per heavy atom. The number of rotatable bonds is 3. The van der Waals surface area contributed by atoms with E-state index in [0.29, 0.717) is 17.6 Å². The summed E-state index contributed by atoms with van der Waals surface area (Å²) in [5.41, 5.74) is 7.37. The van der Waals surface area contributed by atoms with Crippen molar-refractivity contribution in [3.05, 3.63) is 34.9 Å². The third kappa shape index (κ3) is 3.62. The SMILES string of the molecule is CC1CCC(NC(=O)C2CNNC2c2cccc(Cl)c2)CC1. The first-order chi connectivity index (χ1) is 10.6. The van der Waals surface area contributed by atoms with Crippen LogP contribution in [0, 0.1) is 11.8 Å². The molecule has 2 atom stereocenters. The van der Waals surface area contributed by atoms with E-state index in [1.807, 2.05) is 24.3 Å². The van der Waals surface area contributed by atoms with E-state index in [1.54, 1.807) is 0 Å². The fourth-order valence-electron chi connectivity index (χ4n) is 3.47. The number of halogens is 1. The van der Waals surface area contributed by atoms with Crippen LogP contribution in [-0.2, 0) is 4.79 Å². The first-order valence-corrected chi connectivity index (χ1v) is 8.55. The molecule has 2 fully saturated rings. The minimum atomic E-state index is -0.0992. The first kappa shape index (κ1) is 15.8. The lowest BCUT2D eigenvalue weighted by molar-refractivity contribution is -0.125. The minimum absolute atomic E-state index is 0.0267. The normalized spacial score (nSPS) is 31.9. The van der Waals surface area contributed by atoms with Gasteiger partial charge in [-0.2, -0.15) is 0 Å². The Bertz CT molecular complexity index is 528. The largest absolute Gasteiger partial charge is 0.353 e. The Kier molecular flexibility index (Phi) is 5.01. The number of nitrogens with one attached hydrogen (secondary N) is 3. The number of carbonyl (C=O) groups excluding carboxylic acids is 1. The van der Waals surface area contributed by atoms with E-state index in [-0.39, 0.29) is 17.9 Å². The number of benzene rings is 1. The highest BCUT2D eigenvalue weighted by Gasteiger charge is 2.35. The molecule has 5 heteroatoms. The van der Waals surface area contributed by atoms with E-state index in [9.17, 15) is 4.79 Å². The average molecular weight is 322 g/mol. The van der Waals surface area contributed by atoms with Crippen LogP contribution in [-0.4, -0.2) is 18.5 Å². The van der Waals surface area contributed by atoms with Gasteiger partial charge in [-0.3, -0.25) is 10.2 Å². The zero-order chi connectivity index (χ0) is 15.5. The zero-order valence-corrected chi connectivity index (χ0v) is 13.7. The Morgan fingerprint density at radius 3 is 2.77 bits per heavy atom. The first-order valence-electron chi connectivity index (χ1n) is 8.17. The van der Waals surface area contributed by atoms with Gasteiger partial charge in [0.25, 0.3) is 0 Å². The van der Waals surface area contributed by atoms with Gasteiger partial charge in [-0.15, -0.1) is 0 Å². The molecule has 1 aliphatic heterocycles. The second kappa shape index (κ2) is 6.99. The monoisotopic (exact) mass is 321 g/mol. The second-order valence-electron chi connectivity index (χ2n) is 6.63. The van der Waals surface area contributed by atoms with Crippen LogP contribution < -0.4 is 16.2 Å². The predicted molar refractivity (Wildman–Crippen MR) is 88.4 cm³/mol. The van der Waals surface area contributed by atoms with Crippen LogP contribution in [0.5, 0.6) is 0 Å². The molecule has 120 valence electrons. The maximum Gasteiger partial charge on any atom is 0.226 e. The highest BCUT2D eigenvalue weighted by molar-refractivity contribution is 6.30. The van der Waals surface area contributed by atoms with Crippen LogP contribution in [0.2, 0.25) is 5.02 Å². The standard InChI is InChI=1S/C17H24ClN3O/c1-11-5-7-14(8-6-11)20-17(22)15-10-19-21-16(15)12-3-2-4-13(18)9-12/h2-4,9,11,14-16,19,21H,5-8,10H2,1H3,(H,20,22). The van der Waals surface area contributed by atoms with Gasteiger partial charge >= 0.3 is 0 Å². The van der Waals surface area contributed by atoms with Crippen molar-refractivity contribution in [1.82, 2.24) is 16.2 Å². The number of carbonyl (C=O) groups is 1. The van der Waals surface area contributed by atoms with Crippen molar-refractivity contribution in [1.29, 1.82) is 0 Å². The molecule has 1 aliphatic carbocycles. The molecule has 1 saturated heterocycles. The minimum Gasteiger partial charge on any atom is -0.353 e. The summed E-state index contributed by atoms with van der Waals surface area (Å²) in [4.78, 5) is 12.6. The van der Waals surface area contributed by atoms with Gasteiger partial charge in [0.15, 0.2) is 0 Å². The van der Waals surface area contributed by atoms with Crippen molar-refractivity contribution in [3.63, 3.8) is 0 Å². The Balaban J connectivity index is 1.64. The fourth-order valence-corrected chi connectivity index (χ4v) is 3.67. The van der Waals surface area contributed by atoms with E-state index in [4.69, 9.17) is 11.6 Å². The molecule has 1 saturated carbocycles. The van der Waals surface area contributed by atoms with E-state index in [0.717, 1.165) is 24.3 Å². The lowest BCUT2D eigenvalue weighted by Gasteiger charge is -2.28. The molecule has 1 amide bonds. The molecule has 4 nitrogen and oxygen atoms in total. The Morgan fingerprint density at radius 1 is 1.27 bits per heavy atom. The predicted octanol–water partition coefficient (Wildman–Crippen LogP) is 2.80. The third-order valence-corrected chi connectivity index (χ3v) is 5.12. The number of hydrogen-bond donors (Lipinski definition) is 3. The maximum atomic E-state index is 12.6. The smallest absolute Gasteiger partial charge is 0.226 e. The van der Waals surface area contributed by atoms with Crippen LogP contribution in [0.25, 0.3) is 0 Å². The molecule has 0 spiro atoms. The summed E-state index contributed by atoms with van der Waals surface area (Å²) in [7, 11) is 0. The molecule has 1 aromatic carbocycles. The van der Waals surface area contributed by atoms with Gasteiger partial charge in [0, 0.05) is 17.6 Å². The summed E-state index contributed by atoms with van der Waals surface area (Å²) >= 11 is 6.07. The molecule has 0 aromatic heterocycles. The van der Waals surface area contributed by atoms with E-state index in [2.05, 4.69) is 23.1 Å². The van der Waals surface area contributed by atoms with Crippen molar-refractivity contribution >= 4 is 17.5 Å². The average Bonchev–Trinajstić information content (AvgIpc) is 2.99. The van der Waals surface area contributed by atoms with Gasteiger partial charge < -0.3 is 5.32 Å². The van der Waals surface area contributed by atoms with Crippen molar-refractivity contribution in [2.45, 2.75) is 44.7 Å². The van der Waals surface area contributed by atoms with Gasteiger partial charge in [0.1, 0.15) is 0 Å². The lowest BCUT2D eigenvalue weighted by Crippen LogP contribution is -2.42. The van der Waals surface area contributed by atoms with Gasteiger partial charge in [-0.25, -0.2) is 5.43 Å². The summed E-state index contributed by atoms with van der Waals surface area (Å²) in [5.74, 6) is 0.835. The van der Waals surface area contributed by atoms with E-state index in [1.165, 1.54) is 12.8 Å². The highest BCUT2D eigenvalue weighted by atomic mass is 35.5. The van der Waals surface area contributed by atoms with Crippen molar-refractivity contribution in [2.75, 3.05) is 6.54 Å².